The minimum atomic E-state index is -0.207. The largest absolute Gasteiger partial charge is 0.469 e. The van der Waals surface area contributed by atoms with Crippen molar-refractivity contribution in [3.63, 3.8) is 0 Å². The normalized spacial score (nSPS) is 47.7. The quantitative estimate of drug-likeness (QED) is 0.611. The predicted octanol–water partition coefficient (Wildman–Crippen LogP) is -0.157. The van der Waals surface area contributed by atoms with E-state index in [4.69, 9.17) is 4.74 Å². The van der Waals surface area contributed by atoms with Crippen molar-refractivity contribution in [1.29, 1.82) is 0 Å². The van der Waals surface area contributed by atoms with Crippen molar-refractivity contribution in [2.45, 2.75) is 18.9 Å². The highest BCUT2D eigenvalue weighted by atomic mass is 16.5. The molecule has 1 N–H and O–H groups in total. The molecular weight excluding hydrogens is 192 g/mol. The number of piperidine rings is 1. The third kappa shape index (κ3) is 1.12. The summed E-state index contributed by atoms with van der Waals surface area (Å²) in [6.07, 6.45) is 2.12. The highest BCUT2D eigenvalue weighted by molar-refractivity contribution is 5.79. The molecular formula is C11H18N2O2. The van der Waals surface area contributed by atoms with Gasteiger partial charge in [-0.3, -0.25) is 4.79 Å². The summed E-state index contributed by atoms with van der Waals surface area (Å²) in [5.74, 6) is 0.530. The maximum atomic E-state index is 12.1. The average molecular weight is 210 g/mol. The number of hydrogen-bond acceptors (Lipinski definition) is 4. The van der Waals surface area contributed by atoms with E-state index >= 15 is 0 Å². The molecule has 15 heavy (non-hydrogen) atoms. The van der Waals surface area contributed by atoms with Gasteiger partial charge in [-0.05, 0) is 31.8 Å². The summed E-state index contributed by atoms with van der Waals surface area (Å²) in [4.78, 5) is 14.5. The highest BCUT2D eigenvalue weighted by Gasteiger charge is 2.59. The van der Waals surface area contributed by atoms with Crippen molar-refractivity contribution in [3.05, 3.63) is 0 Å². The first-order valence-corrected chi connectivity index (χ1v) is 5.81. The van der Waals surface area contributed by atoms with Crippen molar-refractivity contribution in [2.75, 3.05) is 33.3 Å². The second-order valence-electron chi connectivity index (χ2n) is 5.03. The summed E-state index contributed by atoms with van der Waals surface area (Å²) in [5.41, 5.74) is -0.207. The summed E-state index contributed by atoms with van der Waals surface area (Å²) >= 11 is 0. The van der Waals surface area contributed by atoms with E-state index in [1.807, 2.05) is 0 Å². The maximum absolute atomic E-state index is 12.1. The Morgan fingerprint density at radius 2 is 2.40 bits per heavy atom. The van der Waals surface area contributed by atoms with Crippen molar-refractivity contribution >= 4 is 5.97 Å². The highest BCUT2D eigenvalue weighted by Crippen LogP contribution is 2.48. The van der Waals surface area contributed by atoms with Crippen LogP contribution in [-0.4, -0.2) is 50.2 Å². The van der Waals surface area contributed by atoms with Crippen molar-refractivity contribution in [3.8, 4) is 0 Å². The molecule has 3 saturated heterocycles. The van der Waals surface area contributed by atoms with Crippen molar-refractivity contribution in [1.82, 2.24) is 10.2 Å². The molecule has 4 heteroatoms. The molecule has 2 bridgehead atoms. The van der Waals surface area contributed by atoms with E-state index in [1.165, 1.54) is 7.11 Å². The summed E-state index contributed by atoms with van der Waals surface area (Å²) in [7, 11) is 1.52. The number of nitrogens with one attached hydrogen (secondary N) is 1. The van der Waals surface area contributed by atoms with Crippen LogP contribution in [0.4, 0.5) is 0 Å². The summed E-state index contributed by atoms with van der Waals surface area (Å²) in [6.45, 7) is 4.23. The molecule has 3 rings (SSSR count). The third-order valence-corrected chi connectivity index (χ3v) is 4.56. The number of ether oxygens (including phenoxy) is 1. The number of nitrogens with zero attached hydrogens (tertiary/aromatic N) is 1. The molecule has 0 aromatic rings. The summed E-state index contributed by atoms with van der Waals surface area (Å²) in [5, 5.41) is 3.47. The summed E-state index contributed by atoms with van der Waals surface area (Å²) < 4.78 is 5.05. The van der Waals surface area contributed by atoms with Crippen LogP contribution < -0.4 is 5.32 Å². The van der Waals surface area contributed by atoms with Crippen LogP contribution in [0.15, 0.2) is 0 Å². The molecule has 0 aliphatic carbocycles. The SMILES string of the molecule is COC(=O)C12CCNC1CN1CCC2C1. The second kappa shape index (κ2) is 3.19. The van der Waals surface area contributed by atoms with Gasteiger partial charge in [0.05, 0.1) is 12.5 Å². The van der Waals surface area contributed by atoms with Crippen LogP contribution in [0, 0.1) is 11.3 Å². The van der Waals surface area contributed by atoms with Gasteiger partial charge in [0, 0.05) is 19.1 Å². The Morgan fingerprint density at radius 3 is 3.20 bits per heavy atom. The lowest BCUT2D eigenvalue weighted by molar-refractivity contribution is -0.159. The Hall–Kier alpha value is -0.610. The smallest absolute Gasteiger partial charge is 0.313 e. The van der Waals surface area contributed by atoms with Gasteiger partial charge < -0.3 is 15.0 Å². The first kappa shape index (κ1) is 9.60. The molecule has 3 aliphatic heterocycles. The molecule has 3 heterocycles. The zero-order valence-electron chi connectivity index (χ0n) is 9.16. The molecule has 0 radical (unpaired) electrons. The number of fused-ring (bicyclic) bond motifs is 4. The minimum absolute atomic E-state index is 0.0176. The van der Waals surface area contributed by atoms with E-state index in [9.17, 15) is 4.79 Å². The molecule has 0 saturated carbocycles. The van der Waals surface area contributed by atoms with Crippen LogP contribution in [-0.2, 0) is 9.53 Å². The third-order valence-electron chi connectivity index (χ3n) is 4.56. The Labute approximate surface area is 90.0 Å². The van der Waals surface area contributed by atoms with E-state index in [2.05, 4.69) is 10.2 Å². The van der Waals surface area contributed by atoms with E-state index in [0.717, 1.165) is 39.0 Å². The van der Waals surface area contributed by atoms with E-state index in [1.54, 1.807) is 0 Å². The van der Waals surface area contributed by atoms with Gasteiger partial charge in [0.25, 0.3) is 0 Å². The van der Waals surface area contributed by atoms with Crippen molar-refractivity contribution < 1.29 is 9.53 Å². The molecule has 0 aromatic heterocycles. The minimum Gasteiger partial charge on any atom is -0.469 e. The van der Waals surface area contributed by atoms with Gasteiger partial charge in [-0.25, -0.2) is 0 Å². The Balaban J connectivity index is 1.97. The predicted molar refractivity (Wildman–Crippen MR) is 55.4 cm³/mol. The first-order valence-electron chi connectivity index (χ1n) is 5.81. The molecule has 0 amide bonds. The van der Waals surface area contributed by atoms with Gasteiger partial charge in [0.1, 0.15) is 0 Å². The van der Waals surface area contributed by atoms with Gasteiger partial charge in [-0.1, -0.05) is 0 Å². The zero-order valence-corrected chi connectivity index (χ0v) is 9.16. The topological polar surface area (TPSA) is 41.6 Å². The first-order chi connectivity index (χ1) is 7.27. The fraction of sp³-hybridized carbons (Fsp3) is 0.909. The lowest BCUT2D eigenvalue weighted by atomic mass is 9.68. The van der Waals surface area contributed by atoms with E-state index < -0.39 is 0 Å². The number of carbonyl (C=O) groups is 1. The number of esters is 1. The molecule has 4 atom stereocenters. The van der Waals surface area contributed by atoms with Crippen LogP contribution in [0.2, 0.25) is 0 Å². The Kier molecular flexibility index (Phi) is 2.04. The molecule has 4 unspecified atom stereocenters. The molecule has 3 aliphatic rings. The van der Waals surface area contributed by atoms with Gasteiger partial charge in [0.15, 0.2) is 0 Å². The lowest BCUT2D eigenvalue weighted by Crippen LogP contribution is -2.57. The van der Waals surface area contributed by atoms with Crippen LogP contribution in [0.1, 0.15) is 12.8 Å². The van der Waals surface area contributed by atoms with Gasteiger partial charge in [-0.15, -0.1) is 0 Å². The van der Waals surface area contributed by atoms with E-state index in [-0.39, 0.29) is 11.4 Å². The number of hydrogen-bond donors (Lipinski definition) is 1. The van der Waals surface area contributed by atoms with Gasteiger partial charge in [0.2, 0.25) is 0 Å². The van der Waals surface area contributed by atoms with Gasteiger partial charge in [-0.2, -0.15) is 0 Å². The van der Waals surface area contributed by atoms with Crippen LogP contribution in [0.3, 0.4) is 0 Å². The monoisotopic (exact) mass is 210 g/mol. The Morgan fingerprint density at radius 1 is 1.53 bits per heavy atom. The second-order valence-corrected chi connectivity index (χ2v) is 5.03. The van der Waals surface area contributed by atoms with Crippen LogP contribution in [0.5, 0.6) is 0 Å². The van der Waals surface area contributed by atoms with Crippen LogP contribution in [0.25, 0.3) is 0 Å². The average Bonchev–Trinajstić information content (AvgIpc) is 2.85. The Bertz CT molecular complexity index is 290. The molecule has 0 spiro atoms. The zero-order chi connectivity index (χ0) is 10.5. The lowest BCUT2D eigenvalue weighted by Gasteiger charge is -2.42. The van der Waals surface area contributed by atoms with Crippen molar-refractivity contribution in [2.24, 2.45) is 11.3 Å². The van der Waals surface area contributed by atoms with Gasteiger partial charge >= 0.3 is 5.97 Å². The molecule has 84 valence electrons. The number of rotatable bonds is 1. The number of methoxy groups -OCH3 is 1. The number of carbonyl (C=O) groups excluding carboxylic acids is 1. The fourth-order valence-corrected chi connectivity index (χ4v) is 3.80. The van der Waals surface area contributed by atoms with Crippen LogP contribution >= 0.6 is 0 Å². The van der Waals surface area contributed by atoms with E-state index in [0.29, 0.717) is 12.0 Å². The summed E-state index contributed by atoms with van der Waals surface area (Å²) in [6, 6.07) is 0.325. The molecule has 0 aromatic carbocycles. The maximum Gasteiger partial charge on any atom is 0.313 e. The molecule has 3 fully saturated rings. The fourth-order valence-electron chi connectivity index (χ4n) is 3.80. The standard InChI is InChI=1S/C11H18N2O2/c1-15-10(14)11-3-4-12-9(11)7-13-5-2-8(11)6-13/h8-9,12H,2-7H2,1H3. The molecule has 4 nitrogen and oxygen atoms in total.